The lowest BCUT2D eigenvalue weighted by molar-refractivity contribution is 0.674. The van der Waals surface area contributed by atoms with Crippen LogP contribution in [0, 0.1) is 0 Å². The molecule has 216 valence electrons. The number of hydrogen-bond acceptors (Lipinski definition) is 5. The van der Waals surface area contributed by atoms with Crippen LogP contribution in [0.15, 0.2) is 8.83 Å². The number of rotatable bonds is 3. The molecule has 0 fully saturated rings. The fraction of sp³-hybridized carbons (Fsp3) is 0. The molecule has 0 aliphatic heterocycles. The summed E-state index contributed by atoms with van der Waals surface area (Å²) >= 11 is 0. The van der Waals surface area contributed by atoms with Gasteiger partial charge in [-0.3, -0.25) is 0 Å². The minimum Gasteiger partial charge on any atom is -0.457 e. The van der Waals surface area contributed by atoms with Crippen LogP contribution in [0.25, 0.3) is 78.0 Å². The highest BCUT2D eigenvalue weighted by Crippen LogP contribution is 2.28. The van der Waals surface area contributed by atoms with Gasteiger partial charge in [0.15, 0.2) is 17.5 Å². The number of aromatic nitrogens is 3. The monoisotopic (exact) mass is 679 g/mol. The summed E-state index contributed by atoms with van der Waals surface area (Å²) < 4.78 is 12.3. The third kappa shape index (κ3) is 5.33. The zero-order chi connectivity index (χ0) is 41.6. The summed E-state index contributed by atoms with van der Waals surface area (Å²) in [5, 5.41) is 0.834. The van der Waals surface area contributed by atoms with E-state index in [1.165, 1.54) is 0 Å². The lowest BCUT2D eigenvalue weighted by Gasteiger charge is -2.22. The Kier molecular flexibility index (Phi) is 9.41. The molecule has 0 unspecified atom stereocenters. The van der Waals surface area contributed by atoms with E-state index >= 15 is 0 Å². The van der Waals surface area contributed by atoms with E-state index in [-0.39, 0.29) is 182 Å². The Balaban J connectivity index is 1.52. The number of nitrogens with zero attached hydrogens (tertiary/aromatic N) is 3. The van der Waals surface area contributed by atoms with Crippen molar-refractivity contribution in [2.75, 3.05) is 0 Å². The summed E-state index contributed by atoms with van der Waals surface area (Å²) in [6, 6.07) is 0. The van der Waals surface area contributed by atoms with Gasteiger partial charge in [-0.05, 0) is 10.9 Å². The van der Waals surface area contributed by atoms with E-state index in [1.54, 1.807) is 0 Å². The average Bonchev–Trinajstić information content (AvgIpc) is 3.79. The first-order chi connectivity index (χ1) is 26.7. The first-order valence-electron chi connectivity index (χ1n) is 16.4. The van der Waals surface area contributed by atoms with Crippen LogP contribution in [0.5, 0.6) is 0 Å². The Hall–Kier alpha value is -4.06. The fourth-order valence-corrected chi connectivity index (χ4v) is 7.08. The van der Waals surface area contributed by atoms with Crippen LogP contribution in [0.4, 0.5) is 0 Å². The van der Waals surface area contributed by atoms with Crippen LogP contribution >= 0.6 is 0 Å². The topological polar surface area (TPSA) is 65.0 Å². The Morgan fingerprint density at radius 2 is 0.404 bits per heavy atom. The molecule has 0 aliphatic rings. The molecule has 0 N–H and O–H groups in total. The lowest BCUT2D eigenvalue weighted by atomic mass is 9.60. The molecule has 5 nitrogen and oxygen atoms in total. The Labute approximate surface area is 352 Å². The second kappa shape index (κ2) is 13.5. The molecule has 0 bridgehead atoms. The second-order valence-corrected chi connectivity index (χ2v) is 13.3. The van der Waals surface area contributed by atoms with Gasteiger partial charge in [-0.25, -0.2) is 15.0 Å². The normalized spacial score (nSPS) is 11.8. The summed E-state index contributed by atoms with van der Waals surface area (Å²) in [5.41, 5.74) is -1.29. The second-order valence-electron chi connectivity index (χ2n) is 13.3. The van der Waals surface area contributed by atoms with Crippen molar-refractivity contribution in [2.24, 2.45) is 0 Å². The predicted molar refractivity (Wildman–Crippen MR) is 253 cm³/mol. The van der Waals surface area contributed by atoms with E-state index in [2.05, 4.69) is 9.97 Å². The number of fused-ring (bicyclic) bond motifs is 6. The largest absolute Gasteiger partial charge is 0.457 e. The summed E-state index contributed by atoms with van der Waals surface area (Å²) in [5.74, 6) is -0.693. The summed E-state index contributed by atoms with van der Waals surface area (Å²) in [6.07, 6.45) is 0. The lowest BCUT2D eigenvalue weighted by Crippen LogP contribution is -2.55. The van der Waals surface area contributed by atoms with Crippen LogP contribution in [0.2, 0.25) is 0 Å². The van der Waals surface area contributed by atoms with Gasteiger partial charge in [0.05, 0.1) is 0 Å². The molecule has 24 heteroatoms. The van der Waals surface area contributed by atoms with Crippen molar-refractivity contribution >= 4 is 297 Å². The minimum atomic E-state index is -0.233. The van der Waals surface area contributed by atoms with Crippen LogP contribution in [0.1, 0.15) is 0 Å². The highest BCUT2D eigenvalue weighted by molar-refractivity contribution is 6.72. The maximum absolute atomic E-state index is 6.81. The quantitative estimate of drug-likeness (QED) is 0.174. The molecule has 0 amide bonds. The van der Waals surface area contributed by atoms with Gasteiger partial charge in [0.2, 0.25) is 0 Å². The van der Waals surface area contributed by atoms with Crippen LogP contribution in [0.3, 0.4) is 0 Å². The molecule has 0 saturated carbocycles. The fourth-order valence-electron chi connectivity index (χ4n) is 7.08. The van der Waals surface area contributed by atoms with Crippen LogP contribution < -0.4 is 104 Å². The maximum atomic E-state index is 6.81. The van der Waals surface area contributed by atoms with Gasteiger partial charge in [-0.2, -0.15) is 0 Å². The molecule has 3 heterocycles. The number of benzene rings is 5. The summed E-state index contributed by atoms with van der Waals surface area (Å²) in [4.78, 5) is 14.0. The van der Waals surface area contributed by atoms with E-state index in [0.29, 0.717) is 0 Å². The van der Waals surface area contributed by atoms with E-state index in [9.17, 15) is 0 Å². The molecule has 0 spiro atoms. The van der Waals surface area contributed by atoms with E-state index in [1.807, 2.05) is 0 Å². The predicted octanol–water partition coefficient (Wildman–Crippen LogP) is -14.2. The molecule has 0 atom stereocenters. The third-order valence-electron chi connectivity index (χ3n) is 10.3. The third-order valence-corrected chi connectivity index (χ3v) is 10.3. The molecule has 57 heavy (non-hydrogen) atoms. The van der Waals surface area contributed by atoms with Crippen molar-refractivity contribution in [3.63, 3.8) is 0 Å². The molecule has 5 aromatic carbocycles. The average molecular weight is 676 g/mol. The van der Waals surface area contributed by atoms with Crippen molar-refractivity contribution in [3.05, 3.63) is 0 Å². The maximum Gasteiger partial charge on any atom is 0.163 e. The first-order valence-corrected chi connectivity index (χ1v) is 16.4. The van der Waals surface area contributed by atoms with Crippen molar-refractivity contribution in [3.8, 4) is 34.2 Å². The Bertz CT molecular complexity index is 2990. The molecule has 3 aromatic heterocycles. The van der Waals surface area contributed by atoms with Gasteiger partial charge in [0.1, 0.15) is 171 Å². The molecule has 0 aliphatic carbocycles. The zero-order valence-corrected chi connectivity index (χ0v) is 29.6. The van der Waals surface area contributed by atoms with Crippen molar-refractivity contribution in [1.82, 2.24) is 15.0 Å². The van der Waals surface area contributed by atoms with Gasteiger partial charge >= 0.3 is 0 Å². The van der Waals surface area contributed by atoms with Crippen LogP contribution in [-0.4, -0.2) is 164 Å². The van der Waals surface area contributed by atoms with Crippen molar-refractivity contribution < 1.29 is 8.83 Å². The van der Waals surface area contributed by atoms with E-state index < -0.39 is 0 Å². The molecule has 0 saturated heterocycles. The standard InChI is InChI=1S/C33B19N3O2/c34-8-1-3-10(36)18(44)23(49)25(51)29(3)56-27(1)16(42)6(12(8)38)32-53-31(5-14(40)20(46)22(48)21(47)15(5)41)54-33(55-32)7-13(39)9(35)2-4-11(37)19(45)24(50)26(52)30(4)57-28(2)17(7)43. The Morgan fingerprint density at radius 1 is 0.211 bits per heavy atom. The van der Waals surface area contributed by atoms with Crippen LogP contribution in [-0.2, 0) is 0 Å². The van der Waals surface area contributed by atoms with E-state index in [0.717, 1.165) is 0 Å². The minimum absolute atomic E-state index is 0.000438. The van der Waals surface area contributed by atoms with Crippen molar-refractivity contribution in [2.45, 2.75) is 0 Å². The molecule has 8 rings (SSSR count). The van der Waals surface area contributed by atoms with Gasteiger partial charge < -0.3 is 8.83 Å². The zero-order valence-electron chi connectivity index (χ0n) is 29.6. The highest BCUT2D eigenvalue weighted by atomic mass is 16.3. The van der Waals surface area contributed by atoms with Gasteiger partial charge in [-0.15, -0.1) is 38.2 Å². The Morgan fingerprint density at radius 3 is 0.719 bits per heavy atom. The molecule has 8 aromatic rings. The number of furan rings is 2. The summed E-state index contributed by atoms with van der Waals surface area (Å²) in [7, 11) is 122. The molecular formula is C33B19N3O2. The van der Waals surface area contributed by atoms with Crippen molar-refractivity contribution in [1.29, 1.82) is 0 Å². The molecular weight excluding hydrogens is 676 g/mol. The number of hydrogen-bond donors (Lipinski definition) is 0. The smallest absolute Gasteiger partial charge is 0.163 e. The van der Waals surface area contributed by atoms with Gasteiger partial charge in [0, 0.05) is 38.2 Å². The van der Waals surface area contributed by atoms with Gasteiger partial charge in [-0.1, -0.05) is 54.6 Å². The first kappa shape index (κ1) is 39.8. The molecule has 38 radical (unpaired) electrons. The van der Waals surface area contributed by atoms with E-state index in [4.69, 9.17) is 163 Å². The van der Waals surface area contributed by atoms with Gasteiger partial charge in [0.25, 0.3) is 0 Å². The highest BCUT2D eigenvalue weighted by Gasteiger charge is 2.27. The SMILES string of the molecule is [B]c1c([B])c([B])c(-c2nc(-c3c([B])c([B])c4c(oc5c([B])c([B])c([B])c([B])c54)c3[B])nc(-c3c([B])c([B])c4c(oc5c([B])c([B])c([B])c([B])c54)c3[B])n2)c([B])c1[B]. The summed E-state index contributed by atoms with van der Waals surface area (Å²) in [6.45, 7) is 0.